The number of aliphatic hydroxyl groups is 1. The van der Waals surface area contributed by atoms with Gasteiger partial charge in [-0.3, -0.25) is 4.79 Å². The van der Waals surface area contributed by atoms with Gasteiger partial charge < -0.3 is 20.0 Å². The number of carbonyl (C=O) groups is 2. The molecule has 0 saturated carbocycles. The molecule has 2 atom stereocenters. The first-order chi connectivity index (χ1) is 11.5. The van der Waals surface area contributed by atoms with E-state index >= 15 is 0 Å². The maximum atomic E-state index is 11.6. The largest absolute Gasteiger partial charge is 0.389 e. The molecule has 0 aliphatic rings. The lowest BCUT2D eigenvalue weighted by molar-refractivity contribution is -0.116. The van der Waals surface area contributed by atoms with Gasteiger partial charge >= 0.3 is 0 Å². The minimum atomic E-state index is -0.757. The zero-order valence-electron chi connectivity index (χ0n) is 15.0. The number of carbonyl (C=O) groups excluding carboxylic acids is 2. The Morgan fingerprint density at radius 3 is 2.71 bits per heavy atom. The van der Waals surface area contributed by atoms with Crippen molar-refractivity contribution in [2.75, 3.05) is 13.2 Å². The van der Waals surface area contributed by atoms with Crippen LogP contribution in [0.1, 0.15) is 46.5 Å². The van der Waals surface area contributed by atoms with Crippen molar-refractivity contribution in [1.82, 2.24) is 5.32 Å². The Labute approximate surface area is 145 Å². The topological polar surface area (TPSA) is 75.6 Å². The van der Waals surface area contributed by atoms with Crippen molar-refractivity contribution in [3.63, 3.8) is 0 Å². The van der Waals surface area contributed by atoms with Crippen LogP contribution in [0.25, 0.3) is 0 Å². The van der Waals surface area contributed by atoms with E-state index in [2.05, 4.69) is 19.2 Å². The van der Waals surface area contributed by atoms with Crippen LogP contribution in [-0.4, -0.2) is 42.7 Å². The van der Waals surface area contributed by atoms with E-state index in [4.69, 9.17) is 4.74 Å². The first-order valence-corrected chi connectivity index (χ1v) is 8.52. The average Bonchev–Trinajstić information content (AvgIpc) is 2.51. The van der Waals surface area contributed by atoms with Gasteiger partial charge in [-0.05, 0) is 32.8 Å². The van der Waals surface area contributed by atoms with Gasteiger partial charge in [-0.25, -0.2) is 0 Å². The molecule has 0 bridgehead atoms. The normalized spacial score (nSPS) is 14.9. The van der Waals surface area contributed by atoms with Crippen LogP contribution in [0.5, 0.6) is 0 Å². The SMILES string of the molecule is CCCC(C)OCC/C=C/C(=O)NC/C=C/C(C)=C/[C@@H](O)CC=O. The van der Waals surface area contributed by atoms with Crippen molar-refractivity contribution in [3.05, 3.63) is 36.0 Å². The van der Waals surface area contributed by atoms with Gasteiger partial charge in [0.1, 0.15) is 6.29 Å². The van der Waals surface area contributed by atoms with Gasteiger partial charge in [-0.1, -0.05) is 43.2 Å². The van der Waals surface area contributed by atoms with Gasteiger partial charge in [0.2, 0.25) is 5.91 Å². The third-order valence-corrected chi connectivity index (χ3v) is 3.22. The highest BCUT2D eigenvalue weighted by Crippen LogP contribution is 2.01. The van der Waals surface area contributed by atoms with Gasteiger partial charge in [0.15, 0.2) is 0 Å². The van der Waals surface area contributed by atoms with Crippen molar-refractivity contribution < 1.29 is 19.4 Å². The summed E-state index contributed by atoms with van der Waals surface area (Å²) >= 11 is 0. The van der Waals surface area contributed by atoms with Gasteiger partial charge in [0.05, 0.1) is 18.8 Å². The molecule has 136 valence electrons. The lowest BCUT2D eigenvalue weighted by Crippen LogP contribution is -2.20. The number of aliphatic hydroxyl groups excluding tert-OH is 1. The molecule has 1 unspecified atom stereocenters. The molecule has 0 aromatic carbocycles. The van der Waals surface area contributed by atoms with Crippen LogP contribution < -0.4 is 5.32 Å². The molecule has 0 aromatic heterocycles. The first kappa shape index (κ1) is 22.3. The molecule has 0 fully saturated rings. The van der Waals surface area contributed by atoms with E-state index in [9.17, 15) is 14.7 Å². The van der Waals surface area contributed by atoms with Crippen LogP contribution in [0, 0.1) is 0 Å². The average molecular weight is 337 g/mol. The Hall–Kier alpha value is -1.72. The quantitative estimate of drug-likeness (QED) is 0.234. The number of nitrogens with one attached hydrogen (secondary N) is 1. The molecule has 5 heteroatoms. The summed E-state index contributed by atoms with van der Waals surface area (Å²) < 4.78 is 5.60. The zero-order chi connectivity index (χ0) is 18.2. The second kappa shape index (κ2) is 14.8. The molecule has 0 saturated heterocycles. The fourth-order valence-corrected chi connectivity index (χ4v) is 2.01. The molecule has 2 N–H and O–H groups in total. The molecule has 24 heavy (non-hydrogen) atoms. The van der Waals surface area contributed by atoms with Crippen LogP contribution in [-0.2, 0) is 14.3 Å². The number of hydrogen-bond donors (Lipinski definition) is 2. The van der Waals surface area contributed by atoms with Gasteiger partial charge in [0, 0.05) is 13.0 Å². The summed E-state index contributed by atoms with van der Waals surface area (Å²) in [5, 5.41) is 12.2. The predicted octanol–water partition coefficient (Wildman–Crippen LogP) is 2.71. The minimum Gasteiger partial charge on any atom is -0.389 e. The molecule has 0 heterocycles. The maximum Gasteiger partial charge on any atom is 0.243 e. The summed E-state index contributed by atoms with van der Waals surface area (Å²) in [4.78, 5) is 21.8. The molecule has 0 aliphatic carbocycles. The molecule has 0 aromatic rings. The molecule has 5 nitrogen and oxygen atoms in total. The lowest BCUT2D eigenvalue weighted by atomic mass is 10.1. The first-order valence-electron chi connectivity index (χ1n) is 8.52. The highest BCUT2D eigenvalue weighted by atomic mass is 16.5. The standard InChI is InChI=1S/C19H31NO4/c1-4-8-17(3)24-14-6-5-10-19(23)20-12-7-9-16(2)15-18(22)11-13-21/h5,7,9-10,13,15,17-18,22H,4,6,8,11-12,14H2,1-3H3,(H,20,23)/b9-7+,10-5+,16-15+/t17?,18-/m0/s1. The summed E-state index contributed by atoms with van der Waals surface area (Å²) in [7, 11) is 0. The number of rotatable bonds is 13. The highest BCUT2D eigenvalue weighted by Gasteiger charge is 1.99. The van der Waals surface area contributed by atoms with E-state index in [1.54, 1.807) is 24.3 Å². The van der Waals surface area contributed by atoms with Crippen LogP contribution in [0.2, 0.25) is 0 Å². The number of aldehydes is 1. The molecule has 0 spiro atoms. The number of amides is 1. The Kier molecular flexibility index (Phi) is 13.8. The Bertz CT molecular complexity index is 441. The van der Waals surface area contributed by atoms with Crippen LogP contribution in [0.3, 0.4) is 0 Å². The zero-order valence-corrected chi connectivity index (χ0v) is 15.0. The molecular formula is C19H31NO4. The third kappa shape index (κ3) is 13.9. The van der Waals surface area contributed by atoms with Crippen LogP contribution in [0.4, 0.5) is 0 Å². The molecule has 0 rings (SSSR count). The van der Waals surface area contributed by atoms with Crippen molar-refractivity contribution in [2.24, 2.45) is 0 Å². The summed E-state index contributed by atoms with van der Waals surface area (Å²) in [6.07, 6.45) is 11.7. The van der Waals surface area contributed by atoms with E-state index in [-0.39, 0.29) is 18.4 Å². The molecule has 0 radical (unpaired) electrons. The second-order valence-corrected chi connectivity index (χ2v) is 5.69. The van der Waals surface area contributed by atoms with E-state index in [1.165, 1.54) is 6.08 Å². The fourth-order valence-electron chi connectivity index (χ4n) is 2.01. The van der Waals surface area contributed by atoms with E-state index in [0.29, 0.717) is 25.9 Å². The summed E-state index contributed by atoms with van der Waals surface area (Å²) in [6.45, 7) is 7.04. The summed E-state index contributed by atoms with van der Waals surface area (Å²) in [5.74, 6) is -0.149. The predicted molar refractivity (Wildman–Crippen MR) is 96.7 cm³/mol. The van der Waals surface area contributed by atoms with Crippen molar-refractivity contribution in [3.8, 4) is 0 Å². The van der Waals surface area contributed by atoms with Crippen LogP contribution in [0.15, 0.2) is 36.0 Å². The molecular weight excluding hydrogens is 306 g/mol. The maximum absolute atomic E-state index is 11.6. The van der Waals surface area contributed by atoms with Crippen molar-refractivity contribution in [2.45, 2.75) is 58.7 Å². The second-order valence-electron chi connectivity index (χ2n) is 5.69. The third-order valence-electron chi connectivity index (χ3n) is 3.22. The van der Waals surface area contributed by atoms with E-state index in [1.807, 2.05) is 6.92 Å². The lowest BCUT2D eigenvalue weighted by Gasteiger charge is -2.10. The number of hydrogen-bond acceptors (Lipinski definition) is 4. The number of ether oxygens (including phenoxy) is 1. The van der Waals surface area contributed by atoms with Crippen LogP contribution >= 0.6 is 0 Å². The van der Waals surface area contributed by atoms with E-state index < -0.39 is 6.10 Å². The molecule has 0 aliphatic heterocycles. The monoisotopic (exact) mass is 337 g/mol. The fraction of sp³-hybridized carbons (Fsp3) is 0.579. The summed E-state index contributed by atoms with van der Waals surface area (Å²) in [5.41, 5.74) is 0.840. The van der Waals surface area contributed by atoms with Gasteiger partial charge in [0.25, 0.3) is 0 Å². The number of allylic oxidation sites excluding steroid dienone is 2. The molecule has 1 amide bonds. The van der Waals surface area contributed by atoms with Crippen molar-refractivity contribution >= 4 is 12.2 Å². The minimum absolute atomic E-state index is 0.0909. The Morgan fingerprint density at radius 2 is 2.04 bits per heavy atom. The van der Waals surface area contributed by atoms with Gasteiger partial charge in [-0.2, -0.15) is 0 Å². The highest BCUT2D eigenvalue weighted by molar-refractivity contribution is 5.87. The van der Waals surface area contributed by atoms with Gasteiger partial charge in [-0.15, -0.1) is 0 Å². The van der Waals surface area contributed by atoms with Crippen molar-refractivity contribution in [1.29, 1.82) is 0 Å². The summed E-state index contributed by atoms with van der Waals surface area (Å²) in [6, 6.07) is 0. The Balaban J connectivity index is 3.87. The smallest absolute Gasteiger partial charge is 0.243 e. The Morgan fingerprint density at radius 1 is 1.29 bits per heavy atom. The van der Waals surface area contributed by atoms with E-state index in [0.717, 1.165) is 18.4 Å².